The van der Waals surface area contributed by atoms with Gasteiger partial charge in [0.2, 0.25) is 0 Å². The molecule has 1 aliphatic carbocycles. The van der Waals surface area contributed by atoms with Gasteiger partial charge in [-0.1, -0.05) is 18.2 Å². The molecule has 0 fully saturated rings. The number of fused-ring (bicyclic) bond motifs is 1. The summed E-state index contributed by atoms with van der Waals surface area (Å²) in [5, 5.41) is 3.41. The summed E-state index contributed by atoms with van der Waals surface area (Å²) < 4.78 is 10.9. The van der Waals surface area contributed by atoms with Crippen LogP contribution in [0.1, 0.15) is 29.5 Å². The van der Waals surface area contributed by atoms with Gasteiger partial charge in [-0.15, -0.1) is 0 Å². The molecule has 1 unspecified atom stereocenters. The highest BCUT2D eigenvalue weighted by Gasteiger charge is 2.10. The Labute approximate surface area is 106 Å². The summed E-state index contributed by atoms with van der Waals surface area (Å²) in [6.45, 7) is 1.89. The van der Waals surface area contributed by atoms with Crippen molar-refractivity contribution in [3.8, 4) is 0 Å². The SMILES string of the molecule is CS(=O)CCCNCc1ccc2c(c1)CCC2. The summed E-state index contributed by atoms with van der Waals surface area (Å²) in [7, 11) is -0.653. The fourth-order valence-corrected chi connectivity index (χ4v) is 2.92. The second kappa shape index (κ2) is 6.31. The summed E-state index contributed by atoms with van der Waals surface area (Å²) in [5.74, 6) is 0.803. The van der Waals surface area contributed by atoms with Crippen molar-refractivity contribution in [3.05, 3.63) is 34.9 Å². The zero-order valence-corrected chi connectivity index (χ0v) is 11.3. The zero-order valence-electron chi connectivity index (χ0n) is 10.5. The smallest absolute Gasteiger partial charge is 0.0244 e. The molecule has 0 heterocycles. The molecule has 1 aromatic rings. The highest BCUT2D eigenvalue weighted by atomic mass is 32.2. The molecule has 17 heavy (non-hydrogen) atoms. The first-order valence-electron chi connectivity index (χ1n) is 6.37. The maximum atomic E-state index is 10.9. The monoisotopic (exact) mass is 251 g/mol. The number of hydrogen-bond donors (Lipinski definition) is 1. The number of aryl methyl sites for hydroxylation is 2. The molecule has 0 saturated heterocycles. The van der Waals surface area contributed by atoms with Gasteiger partial charge in [-0.2, -0.15) is 0 Å². The Bertz CT molecular complexity index is 403. The van der Waals surface area contributed by atoms with Crippen LogP contribution in [0, 0.1) is 0 Å². The van der Waals surface area contributed by atoms with Gasteiger partial charge in [0.25, 0.3) is 0 Å². The van der Waals surface area contributed by atoms with Gasteiger partial charge in [-0.25, -0.2) is 0 Å². The number of hydrogen-bond acceptors (Lipinski definition) is 2. The normalized spacial score (nSPS) is 15.8. The van der Waals surface area contributed by atoms with Gasteiger partial charge in [0.05, 0.1) is 0 Å². The first kappa shape index (κ1) is 12.8. The Hall–Kier alpha value is -0.670. The molecule has 1 atom stereocenters. The molecule has 1 aliphatic rings. The zero-order chi connectivity index (χ0) is 12.1. The van der Waals surface area contributed by atoms with E-state index >= 15 is 0 Å². The Morgan fingerprint density at radius 2 is 2.12 bits per heavy atom. The van der Waals surface area contributed by atoms with Crippen LogP contribution < -0.4 is 5.32 Å². The lowest BCUT2D eigenvalue weighted by molar-refractivity contribution is 0.662. The predicted molar refractivity (Wildman–Crippen MR) is 73.7 cm³/mol. The summed E-state index contributed by atoms with van der Waals surface area (Å²) in [5.41, 5.74) is 4.46. The average molecular weight is 251 g/mol. The highest BCUT2D eigenvalue weighted by molar-refractivity contribution is 7.84. The van der Waals surface area contributed by atoms with Gasteiger partial charge in [0.1, 0.15) is 0 Å². The van der Waals surface area contributed by atoms with Gasteiger partial charge < -0.3 is 5.32 Å². The molecular weight excluding hydrogens is 230 g/mol. The summed E-state index contributed by atoms with van der Waals surface area (Å²) in [4.78, 5) is 0. The van der Waals surface area contributed by atoms with E-state index in [0.29, 0.717) is 0 Å². The first-order chi connectivity index (χ1) is 8.25. The van der Waals surface area contributed by atoms with Crippen LogP contribution in [-0.4, -0.2) is 22.8 Å². The fraction of sp³-hybridized carbons (Fsp3) is 0.571. The molecule has 3 heteroatoms. The van der Waals surface area contributed by atoms with Crippen LogP contribution in [0.5, 0.6) is 0 Å². The van der Waals surface area contributed by atoms with Crippen LogP contribution >= 0.6 is 0 Å². The topological polar surface area (TPSA) is 29.1 Å². The van der Waals surface area contributed by atoms with E-state index < -0.39 is 10.8 Å². The lowest BCUT2D eigenvalue weighted by Gasteiger charge is -2.06. The third kappa shape index (κ3) is 3.93. The van der Waals surface area contributed by atoms with E-state index in [1.165, 1.54) is 30.4 Å². The Kier molecular flexibility index (Phi) is 4.75. The van der Waals surface area contributed by atoms with Crippen LogP contribution in [-0.2, 0) is 30.2 Å². The summed E-state index contributed by atoms with van der Waals surface area (Å²) in [6, 6.07) is 6.85. The van der Waals surface area contributed by atoms with Crippen molar-refractivity contribution < 1.29 is 4.21 Å². The van der Waals surface area contributed by atoms with Crippen molar-refractivity contribution in [3.63, 3.8) is 0 Å². The number of rotatable bonds is 6. The molecule has 0 spiro atoms. The van der Waals surface area contributed by atoms with Gasteiger partial charge in [-0.3, -0.25) is 4.21 Å². The Morgan fingerprint density at radius 3 is 2.94 bits per heavy atom. The van der Waals surface area contributed by atoms with E-state index in [1.54, 1.807) is 11.8 Å². The van der Waals surface area contributed by atoms with Crippen molar-refractivity contribution in [1.29, 1.82) is 0 Å². The molecule has 0 radical (unpaired) electrons. The standard InChI is InChI=1S/C14H21NOS/c1-17(16)9-3-8-15-11-12-6-7-13-4-2-5-14(13)10-12/h6-7,10,15H,2-5,8-9,11H2,1H3. The Morgan fingerprint density at radius 1 is 1.29 bits per heavy atom. The molecule has 0 amide bonds. The molecule has 94 valence electrons. The van der Waals surface area contributed by atoms with Crippen LogP contribution in [0.2, 0.25) is 0 Å². The lowest BCUT2D eigenvalue weighted by Crippen LogP contribution is -2.16. The minimum atomic E-state index is -0.653. The minimum absolute atomic E-state index is 0.653. The molecule has 0 aromatic heterocycles. The van der Waals surface area contributed by atoms with Gasteiger partial charge in [0.15, 0.2) is 0 Å². The third-order valence-corrected chi connectivity index (χ3v) is 4.14. The highest BCUT2D eigenvalue weighted by Crippen LogP contribution is 2.22. The van der Waals surface area contributed by atoms with E-state index in [0.717, 1.165) is 25.3 Å². The first-order valence-corrected chi connectivity index (χ1v) is 8.10. The molecule has 1 N–H and O–H groups in total. The third-order valence-electron chi connectivity index (χ3n) is 3.28. The van der Waals surface area contributed by atoms with E-state index in [1.807, 2.05) is 0 Å². The van der Waals surface area contributed by atoms with E-state index in [4.69, 9.17) is 0 Å². The molecule has 2 nitrogen and oxygen atoms in total. The molecule has 0 aliphatic heterocycles. The fourth-order valence-electron chi connectivity index (χ4n) is 2.37. The van der Waals surface area contributed by atoms with Crippen molar-refractivity contribution in [1.82, 2.24) is 5.32 Å². The van der Waals surface area contributed by atoms with Crippen LogP contribution in [0.3, 0.4) is 0 Å². The van der Waals surface area contributed by atoms with Crippen LogP contribution in [0.15, 0.2) is 18.2 Å². The average Bonchev–Trinajstić information content (AvgIpc) is 2.75. The van der Waals surface area contributed by atoms with Gasteiger partial charge in [-0.05, 0) is 48.9 Å². The number of benzene rings is 1. The Balaban J connectivity index is 1.74. The van der Waals surface area contributed by atoms with E-state index in [2.05, 4.69) is 23.5 Å². The van der Waals surface area contributed by atoms with Crippen LogP contribution in [0.4, 0.5) is 0 Å². The quantitative estimate of drug-likeness (QED) is 0.784. The van der Waals surface area contributed by atoms with Crippen molar-refractivity contribution in [2.45, 2.75) is 32.2 Å². The van der Waals surface area contributed by atoms with E-state index in [-0.39, 0.29) is 0 Å². The molecule has 0 saturated carbocycles. The maximum absolute atomic E-state index is 10.9. The van der Waals surface area contributed by atoms with Crippen molar-refractivity contribution >= 4 is 10.8 Å². The second-order valence-corrected chi connectivity index (χ2v) is 6.32. The van der Waals surface area contributed by atoms with Gasteiger partial charge in [0, 0.05) is 29.4 Å². The van der Waals surface area contributed by atoms with Crippen LogP contribution in [0.25, 0.3) is 0 Å². The minimum Gasteiger partial charge on any atom is -0.313 e. The van der Waals surface area contributed by atoms with Gasteiger partial charge >= 0.3 is 0 Å². The summed E-state index contributed by atoms with van der Waals surface area (Å²) in [6.07, 6.45) is 6.58. The van der Waals surface area contributed by atoms with Crippen molar-refractivity contribution in [2.75, 3.05) is 18.6 Å². The number of nitrogens with one attached hydrogen (secondary N) is 1. The van der Waals surface area contributed by atoms with E-state index in [9.17, 15) is 4.21 Å². The second-order valence-electron chi connectivity index (χ2n) is 4.76. The predicted octanol–water partition coefficient (Wildman–Crippen LogP) is 2.03. The lowest BCUT2D eigenvalue weighted by atomic mass is 10.1. The summed E-state index contributed by atoms with van der Waals surface area (Å²) >= 11 is 0. The molecule has 2 rings (SSSR count). The molecular formula is C14H21NOS. The van der Waals surface area contributed by atoms with Crippen molar-refractivity contribution in [2.24, 2.45) is 0 Å². The molecule has 1 aromatic carbocycles. The maximum Gasteiger partial charge on any atom is 0.0244 e. The largest absolute Gasteiger partial charge is 0.313 e. The molecule has 0 bridgehead atoms.